The number of nitrogens with two attached hydrogens (primary N) is 2. The van der Waals surface area contributed by atoms with Gasteiger partial charge in [-0.2, -0.15) is 0 Å². The van der Waals surface area contributed by atoms with Crippen molar-refractivity contribution in [1.29, 1.82) is 0 Å². The second kappa shape index (κ2) is 44.3. The lowest BCUT2D eigenvalue weighted by molar-refractivity contribution is -0.334. The van der Waals surface area contributed by atoms with Gasteiger partial charge in [0.05, 0.1) is 53.5 Å². The summed E-state index contributed by atoms with van der Waals surface area (Å²) in [6.45, 7) is 6.06. The number of esters is 1. The monoisotopic (exact) mass is 2080 g/mol. The number of alkyl carbamates (subject to hydrolysis) is 1. The van der Waals surface area contributed by atoms with Crippen LogP contribution in [0.5, 0.6) is 46.0 Å². The summed E-state index contributed by atoms with van der Waals surface area (Å²) in [7, 11) is -10.7. The number of carbonyl (C=O) groups is 9. The van der Waals surface area contributed by atoms with Crippen molar-refractivity contribution in [3.63, 3.8) is 0 Å². The number of amides is 8. The first-order chi connectivity index (χ1) is 66.8. The van der Waals surface area contributed by atoms with Crippen LogP contribution < -0.4 is 73.5 Å². The number of aromatic hydroxyl groups is 3. The van der Waals surface area contributed by atoms with Gasteiger partial charge in [0, 0.05) is 71.2 Å². The van der Waals surface area contributed by atoms with Crippen LogP contribution in [-0.2, 0) is 87.2 Å². The zero-order valence-electron chi connectivity index (χ0n) is 76.6. The first kappa shape index (κ1) is 108. The van der Waals surface area contributed by atoms with E-state index in [1.54, 1.807) is 32.9 Å². The molecule has 7 aromatic carbocycles. The lowest BCUT2D eigenvalue weighted by Gasteiger charge is -2.48. The number of nitrogens with one attached hydrogen (secondary N) is 9. The highest BCUT2D eigenvalue weighted by Gasteiger charge is 2.60. The van der Waals surface area contributed by atoms with Crippen LogP contribution in [0.1, 0.15) is 137 Å². The maximum absolute atomic E-state index is 16.8. The van der Waals surface area contributed by atoms with E-state index >= 15 is 28.8 Å². The largest absolute Gasteiger partial charge is 0.508 e. The molecule has 51 heteroatoms. The summed E-state index contributed by atoms with van der Waals surface area (Å²) in [5.41, 5.74) is 8.57. The van der Waals surface area contributed by atoms with Gasteiger partial charge in [-0.05, 0) is 153 Å². The second-order valence-corrected chi connectivity index (χ2v) is 41.2. The molecule has 11 bridgehead atoms. The third kappa shape index (κ3) is 24.3. The molecular formula is C91H108Cl3N11O35P2. The van der Waals surface area contributed by atoms with Crippen LogP contribution in [0.15, 0.2) is 127 Å². The molecule has 0 spiro atoms. The summed E-state index contributed by atoms with van der Waals surface area (Å²) in [5.74, 6) is -17.5. The summed E-state index contributed by atoms with van der Waals surface area (Å²) in [6, 6.07) is 12.6. The number of halogens is 3. The van der Waals surface area contributed by atoms with Gasteiger partial charge >= 0.3 is 27.3 Å². The van der Waals surface area contributed by atoms with E-state index in [4.69, 9.17) is 93.6 Å². The molecule has 8 aliphatic heterocycles. The van der Waals surface area contributed by atoms with Gasteiger partial charge in [0.25, 0.3) is 5.08 Å². The summed E-state index contributed by atoms with van der Waals surface area (Å²) in [5, 5.41) is 136. The minimum absolute atomic E-state index is 0.152. The molecule has 17 unspecified atom stereocenters. The van der Waals surface area contributed by atoms with E-state index < -0.39 is 330 Å². The van der Waals surface area contributed by atoms with Crippen LogP contribution in [0.2, 0.25) is 15.1 Å². The number of benzene rings is 7. The van der Waals surface area contributed by atoms with Gasteiger partial charge in [-0.15, -0.1) is 0 Å². The molecule has 46 nitrogen and oxygen atoms in total. The fourth-order valence-electron chi connectivity index (χ4n) is 17.2. The molecule has 15 rings (SSSR count). The van der Waals surface area contributed by atoms with Crippen molar-refractivity contribution in [2.24, 2.45) is 17.4 Å². The van der Waals surface area contributed by atoms with Gasteiger partial charge in [-0.25, -0.2) is 9.59 Å². The van der Waals surface area contributed by atoms with Crippen LogP contribution in [-0.4, -0.2) is 259 Å². The van der Waals surface area contributed by atoms with Crippen LogP contribution >= 0.6 is 50.0 Å². The minimum Gasteiger partial charge on any atom is -0.508 e. The number of hydrogen-bond acceptors (Lipinski definition) is 34. The highest BCUT2D eigenvalue weighted by molar-refractivity contribution is 7.72. The fraction of sp³-hybridized carbons (Fsp3) is 0.440. The van der Waals surface area contributed by atoms with E-state index in [1.165, 1.54) is 40.0 Å². The number of rotatable bonds is 26. The molecular weight excluding hydrogens is 1980 g/mol. The fourth-order valence-corrected chi connectivity index (χ4v) is 20.0. The zero-order valence-corrected chi connectivity index (χ0v) is 80.7. The Bertz CT molecular complexity index is 5990. The molecule has 142 heavy (non-hydrogen) atoms. The number of aliphatic hydroxyl groups excluding tert-OH is 6. The Morgan fingerprint density at radius 1 is 0.641 bits per heavy atom. The summed E-state index contributed by atoms with van der Waals surface area (Å²) in [6.07, 6.45) is -27.4. The first-order valence-corrected chi connectivity index (χ1v) is 48.7. The molecule has 22 atom stereocenters. The third-order valence-electron chi connectivity index (χ3n) is 25.0. The predicted molar refractivity (Wildman–Crippen MR) is 497 cm³/mol. The van der Waals surface area contributed by atoms with Crippen LogP contribution in [0.3, 0.4) is 0 Å². The Labute approximate surface area is 824 Å². The highest BCUT2D eigenvalue weighted by Crippen LogP contribution is 2.69. The van der Waals surface area contributed by atoms with Crippen molar-refractivity contribution < 1.29 is 170 Å². The SMILES string of the molecule is CNC(CC(C)C)C(=O)NC1C(=O)NC(CC(N)=O)C(=O)NC2C(=O)NC3C(=O)NC(C(=O)N[C@@H](C(=O)OCOC(=O)NCCC(O)(P(=O)(O)O)P(=O)(O)O)c4cc(O)cc(O)c4-c4cc3ccc4O)[C@H](OC3C[C@](C)(N)C(O)C(C)O3)c3ccc(c(Cl)c3)Oc3cc2cc(c3OC2OC(CO)C(O)C(O)C2OC2C[C@@](C)(NCc3ccc(-c4ccc(Cl)cc4)cc3)C(O)C(C)O2)Oc2ccc(cc2Cl)[C@@H]1O. The van der Waals surface area contributed by atoms with E-state index in [0.29, 0.717) is 11.1 Å². The highest BCUT2D eigenvalue weighted by atomic mass is 35.5. The summed E-state index contributed by atoms with van der Waals surface area (Å²) >= 11 is 20.9. The molecule has 3 fully saturated rings. The number of carbonyl (C=O) groups excluding carboxylic acids is 9. The molecule has 8 aliphatic rings. The molecule has 7 aromatic rings. The van der Waals surface area contributed by atoms with Crippen molar-refractivity contribution >= 4 is 103 Å². The Morgan fingerprint density at radius 2 is 1.23 bits per heavy atom. The number of ether oxygens (including phenoxy) is 10. The Balaban J connectivity index is 0.998. The van der Waals surface area contributed by atoms with Crippen LogP contribution in [0.4, 0.5) is 4.79 Å². The van der Waals surface area contributed by atoms with Crippen molar-refractivity contribution in [2.75, 3.05) is 27.0 Å². The lowest BCUT2D eigenvalue weighted by atomic mass is 9.84. The number of fused-ring (bicyclic) bond motifs is 15. The topological polar surface area (TPSA) is 724 Å². The van der Waals surface area contributed by atoms with Gasteiger partial charge in [0.2, 0.25) is 60.2 Å². The molecule has 3 saturated heterocycles. The molecule has 0 radical (unpaired) electrons. The van der Waals surface area contributed by atoms with Gasteiger partial charge in [-0.1, -0.05) is 103 Å². The number of aliphatic hydroxyl groups is 7. The number of phenolic OH excluding ortho intramolecular Hbond substituents is 3. The molecule has 0 saturated carbocycles. The maximum atomic E-state index is 16.8. The van der Waals surface area contributed by atoms with E-state index in [9.17, 15) is 94.2 Å². The van der Waals surface area contributed by atoms with E-state index in [0.717, 1.165) is 77.4 Å². The molecule has 0 aromatic heterocycles. The Kier molecular flexibility index (Phi) is 33.7. The molecule has 8 amide bonds. The average Bonchev–Trinajstić information content (AvgIpc) is 0.753. The minimum atomic E-state index is -6.07. The maximum Gasteiger partial charge on any atom is 0.410 e. The van der Waals surface area contributed by atoms with Crippen molar-refractivity contribution in [3.8, 4) is 68.2 Å². The van der Waals surface area contributed by atoms with Crippen molar-refractivity contribution in [1.82, 2.24) is 47.9 Å². The molecule has 27 N–H and O–H groups in total. The normalized spacial score (nSPS) is 27.9. The van der Waals surface area contributed by atoms with Crippen LogP contribution in [0, 0.1) is 5.92 Å². The number of likely N-dealkylation sites (N-methyl/N-ethyl adjacent to an activating group) is 1. The number of phenols is 3. The summed E-state index contributed by atoms with van der Waals surface area (Å²) < 4.78 is 87.5. The lowest BCUT2D eigenvalue weighted by Crippen LogP contribution is -2.65. The molecule has 8 heterocycles. The average molecular weight is 2080 g/mol. The Hall–Kier alpha value is -11.1. The number of hydrogen-bond donors (Lipinski definition) is 25. The van der Waals surface area contributed by atoms with Gasteiger partial charge in [-0.3, -0.25) is 42.7 Å². The van der Waals surface area contributed by atoms with Gasteiger partial charge in [0.1, 0.15) is 89.5 Å². The predicted octanol–water partition coefficient (Wildman–Crippen LogP) is 3.03. The van der Waals surface area contributed by atoms with E-state index in [-0.39, 0.29) is 36.4 Å². The van der Waals surface area contributed by atoms with Gasteiger partial charge < -0.3 is 177 Å². The quantitative estimate of drug-likeness (QED) is 0.0210. The van der Waals surface area contributed by atoms with Crippen molar-refractivity contribution in [2.45, 2.75) is 219 Å². The van der Waals surface area contributed by atoms with Gasteiger partial charge in [0.15, 0.2) is 36.2 Å². The molecule has 768 valence electrons. The molecule has 0 aliphatic carbocycles. The van der Waals surface area contributed by atoms with E-state index in [1.807, 2.05) is 41.7 Å². The summed E-state index contributed by atoms with van der Waals surface area (Å²) in [4.78, 5) is 176. The standard InChI is InChI=1S/C91H108Cl3N11O35P2/c1-38(2)24-54(97-7)80(116)104-70-72(111)45-15-20-58(52(93)26-45)135-60-28-47-29-61(76(60)140-87-77(74(113)73(112)62(36-106)137-87)139-65-34-90(6,79(115)40(4)134-65)99-35-41-8-10-42(11-9-41)43-12-17-48(92)18-13-43)136-59-21-16-46(27-53(59)94)75(138-64-33-89(5,96)78(114)39(3)133-64)71-85(121)103-69(86(122)131-37-132-88(123)98-23-22-91(124,141(125,126)127)142(128,129)130)51-30-49(107)31-57(109)66(51)50-25-44(14-19-56(50)108)67(82(118)105-71)102-83(119)68(47)101-81(117)55(32-63(95)110)100-84(70)120/h8-21,25-31,38-40,54-55,62,64-65,67-75,77-79,87,97,99,106-109,111-115,124H,22-24,32-37,96H2,1-7H3,(H2,95,110)(H,98,123)(H,100,120)(H,101,117)(H,102,119)(H,103,121)(H,104,116)(H,105,118)(H2,125,126,127)(H2,128,129,130)/t39?,40?,54?,55?,62?,64?,65?,67?,68?,69-,70?,71?,72+,73?,74?,75-,77?,78?,79?,87?,89+,90-/m1/s1. The van der Waals surface area contributed by atoms with Crippen molar-refractivity contribution in [3.05, 3.63) is 176 Å². The number of primary amides is 1. The third-order valence-corrected chi connectivity index (χ3v) is 29.7. The smallest absolute Gasteiger partial charge is 0.410 e. The zero-order chi connectivity index (χ0) is 104. The first-order valence-electron chi connectivity index (χ1n) is 44.3. The Morgan fingerprint density at radius 3 is 1.82 bits per heavy atom. The van der Waals surface area contributed by atoms with Crippen LogP contribution in [0.25, 0.3) is 22.3 Å². The second-order valence-electron chi connectivity index (χ2n) is 35.9. The van der Waals surface area contributed by atoms with E-state index in [2.05, 4.69) is 42.5 Å².